The van der Waals surface area contributed by atoms with Gasteiger partial charge in [0.1, 0.15) is 0 Å². The summed E-state index contributed by atoms with van der Waals surface area (Å²) in [6, 6.07) is 0. The molecule has 5 heteroatoms. The Balaban J connectivity index is 1.97. The fourth-order valence-corrected chi connectivity index (χ4v) is 3.86. The van der Waals surface area contributed by atoms with Crippen LogP contribution in [0, 0.1) is 5.41 Å². The van der Waals surface area contributed by atoms with Crippen LogP contribution in [0.1, 0.15) is 33.6 Å². The van der Waals surface area contributed by atoms with E-state index in [1.165, 1.54) is 12.2 Å². The first-order valence-corrected chi connectivity index (χ1v) is 8.94. The van der Waals surface area contributed by atoms with Crippen LogP contribution < -0.4 is 5.32 Å². The third-order valence-electron chi connectivity index (χ3n) is 4.14. The molecule has 0 aromatic heterocycles. The number of thioether (sulfide) groups is 1. The van der Waals surface area contributed by atoms with Gasteiger partial charge in [-0.3, -0.25) is 4.99 Å². The number of guanidine groups is 1. The van der Waals surface area contributed by atoms with Gasteiger partial charge >= 0.3 is 0 Å². The maximum absolute atomic E-state index is 5.53. The summed E-state index contributed by atoms with van der Waals surface area (Å²) < 4.78 is 5.53. The minimum atomic E-state index is 0.232. The summed E-state index contributed by atoms with van der Waals surface area (Å²) >= 11 is 2.10. The molecule has 4 nitrogen and oxygen atoms in total. The van der Waals surface area contributed by atoms with Crippen molar-refractivity contribution in [1.82, 2.24) is 10.2 Å². The zero-order chi connectivity index (χ0) is 14.4. The highest BCUT2D eigenvalue weighted by Gasteiger charge is 2.30. The van der Waals surface area contributed by atoms with E-state index in [9.17, 15) is 0 Å². The van der Waals surface area contributed by atoms with Crippen molar-refractivity contribution in [3.05, 3.63) is 0 Å². The Labute approximate surface area is 127 Å². The van der Waals surface area contributed by atoms with Gasteiger partial charge < -0.3 is 15.0 Å². The molecule has 0 radical (unpaired) electrons. The molecule has 2 heterocycles. The number of nitrogens with one attached hydrogen (secondary N) is 1. The van der Waals surface area contributed by atoms with E-state index in [4.69, 9.17) is 9.73 Å². The van der Waals surface area contributed by atoms with Crippen LogP contribution in [0.3, 0.4) is 0 Å². The van der Waals surface area contributed by atoms with Gasteiger partial charge in [-0.2, -0.15) is 11.8 Å². The van der Waals surface area contributed by atoms with Gasteiger partial charge in [0.2, 0.25) is 0 Å². The molecule has 2 aliphatic rings. The Morgan fingerprint density at radius 2 is 2.35 bits per heavy atom. The fourth-order valence-electron chi connectivity index (χ4n) is 2.68. The molecule has 2 fully saturated rings. The zero-order valence-corrected chi connectivity index (χ0v) is 14.0. The van der Waals surface area contributed by atoms with Crippen molar-refractivity contribution in [3.63, 3.8) is 0 Å². The van der Waals surface area contributed by atoms with Crippen LogP contribution in [0.2, 0.25) is 0 Å². The van der Waals surface area contributed by atoms with Crippen molar-refractivity contribution in [2.24, 2.45) is 10.4 Å². The van der Waals surface area contributed by atoms with Crippen LogP contribution >= 0.6 is 11.8 Å². The predicted molar refractivity (Wildman–Crippen MR) is 87.6 cm³/mol. The largest absolute Gasteiger partial charge is 0.381 e. The van der Waals surface area contributed by atoms with E-state index in [0.717, 1.165) is 57.0 Å². The van der Waals surface area contributed by atoms with E-state index in [-0.39, 0.29) is 5.41 Å². The second-order valence-corrected chi connectivity index (χ2v) is 7.54. The second kappa shape index (κ2) is 7.55. The molecule has 2 aliphatic heterocycles. The van der Waals surface area contributed by atoms with Gasteiger partial charge in [-0.15, -0.1) is 0 Å². The van der Waals surface area contributed by atoms with Crippen LogP contribution in [-0.2, 0) is 4.74 Å². The molecule has 0 aromatic rings. The number of hydrogen-bond donors (Lipinski definition) is 1. The Kier molecular flexibility index (Phi) is 6.02. The average molecular weight is 299 g/mol. The highest BCUT2D eigenvalue weighted by atomic mass is 32.2. The van der Waals surface area contributed by atoms with Crippen molar-refractivity contribution in [3.8, 4) is 0 Å². The lowest BCUT2D eigenvalue weighted by molar-refractivity contribution is 0.162. The monoisotopic (exact) mass is 299 g/mol. The fraction of sp³-hybridized carbons (Fsp3) is 0.933. The maximum atomic E-state index is 5.53. The normalized spacial score (nSPS) is 31.6. The third-order valence-corrected chi connectivity index (χ3v) is 5.51. The number of rotatable bonds is 4. The lowest BCUT2D eigenvalue weighted by Gasteiger charge is -2.34. The summed E-state index contributed by atoms with van der Waals surface area (Å²) in [6.45, 7) is 12.5. The Morgan fingerprint density at radius 3 is 3.00 bits per heavy atom. The quantitative estimate of drug-likeness (QED) is 0.638. The number of aliphatic imine (C=N–C) groups is 1. The van der Waals surface area contributed by atoms with Gasteiger partial charge in [-0.05, 0) is 19.8 Å². The Bertz CT molecular complexity index is 329. The first kappa shape index (κ1) is 16.0. The first-order chi connectivity index (χ1) is 9.67. The van der Waals surface area contributed by atoms with E-state index < -0.39 is 0 Å². The third kappa shape index (κ3) is 4.29. The smallest absolute Gasteiger partial charge is 0.193 e. The van der Waals surface area contributed by atoms with E-state index in [2.05, 4.69) is 42.7 Å². The molecule has 2 unspecified atom stereocenters. The van der Waals surface area contributed by atoms with Crippen molar-refractivity contribution in [2.75, 3.05) is 45.1 Å². The zero-order valence-electron chi connectivity index (χ0n) is 13.2. The van der Waals surface area contributed by atoms with E-state index >= 15 is 0 Å². The molecule has 0 spiro atoms. The molecule has 2 atom stereocenters. The van der Waals surface area contributed by atoms with E-state index in [1.807, 2.05) is 0 Å². The molecule has 2 saturated heterocycles. The second-order valence-electron chi connectivity index (χ2n) is 6.13. The molecule has 116 valence electrons. The summed E-state index contributed by atoms with van der Waals surface area (Å²) in [6.07, 6.45) is 2.37. The minimum absolute atomic E-state index is 0.232. The van der Waals surface area contributed by atoms with Gasteiger partial charge in [-0.1, -0.05) is 13.8 Å². The van der Waals surface area contributed by atoms with Gasteiger partial charge in [-0.25, -0.2) is 0 Å². The summed E-state index contributed by atoms with van der Waals surface area (Å²) in [5, 5.41) is 4.21. The number of ether oxygens (including phenoxy) is 1. The molecule has 0 amide bonds. The first-order valence-electron chi connectivity index (χ1n) is 7.89. The SMILES string of the molecule is CCNC(=NCC1(C)CCOC1)N1CCSC(CC)C1. The van der Waals surface area contributed by atoms with Crippen molar-refractivity contribution in [1.29, 1.82) is 0 Å². The highest BCUT2D eigenvalue weighted by Crippen LogP contribution is 2.28. The van der Waals surface area contributed by atoms with Gasteiger partial charge in [0.05, 0.1) is 13.2 Å². The lowest BCUT2D eigenvalue weighted by Crippen LogP contribution is -2.48. The molecule has 0 bridgehead atoms. The van der Waals surface area contributed by atoms with E-state index in [0.29, 0.717) is 0 Å². The molecular weight excluding hydrogens is 270 g/mol. The van der Waals surface area contributed by atoms with Crippen molar-refractivity contribution >= 4 is 17.7 Å². The Morgan fingerprint density at radius 1 is 1.50 bits per heavy atom. The number of hydrogen-bond acceptors (Lipinski definition) is 3. The minimum Gasteiger partial charge on any atom is -0.381 e. The molecule has 20 heavy (non-hydrogen) atoms. The van der Waals surface area contributed by atoms with Crippen LogP contribution in [0.5, 0.6) is 0 Å². The van der Waals surface area contributed by atoms with Gasteiger partial charge in [0, 0.05) is 42.7 Å². The lowest BCUT2D eigenvalue weighted by atomic mass is 9.90. The summed E-state index contributed by atoms with van der Waals surface area (Å²) in [5.41, 5.74) is 0.232. The maximum Gasteiger partial charge on any atom is 0.193 e. The molecule has 0 aliphatic carbocycles. The van der Waals surface area contributed by atoms with Crippen LogP contribution in [0.4, 0.5) is 0 Å². The Hall–Kier alpha value is -0.420. The van der Waals surface area contributed by atoms with Gasteiger partial charge in [0.25, 0.3) is 0 Å². The van der Waals surface area contributed by atoms with E-state index in [1.54, 1.807) is 0 Å². The molecule has 0 saturated carbocycles. The molecule has 1 N–H and O–H groups in total. The van der Waals surface area contributed by atoms with Crippen LogP contribution in [0.25, 0.3) is 0 Å². The summed E-state index contributed by atoms with van der Waals surface area (Å²) in [4.78, 5) is 7.34. The molecule has 2 rings (SSSR count). The van der Waals surface area contributed by atoms with Gasteiger partial charge in [0.15, 0.2) is 5.96 Å². The number of nitrogens with zero attached hydrogens (tertiary/aromatic N) is 2. The van der Waals surface area contributed by atoms with Crippen molar-refractivity contribution < 1.29 is 4.74 Å². The topological polar surface area (TPSA) is 36.9 Å². The predicted octanol–water partition coefficient (Wildman–Crippen LogP) is 2.21. The van der Waals surface area contributed by atoms with Crippen LogP contribution in [-0.4, -0.2) is 61.3 Å². The molecular formula is C15H29N3OS. The highest BCUT2D eigenvalue weighted by molar-refractivity contribution is 8.00. The van der Waals surface area contributed by atoms with Crippen LogP contribution in [0.15, 0.2) is 4.99 Å². The summed E-state index contributed by atoms with van der Waals surface area (Å²) in [7, 11) is 0. The standard InChI is InChI=1S/C15H29N3OS/c1-4-13-10-18(7-9-20-13)14(16-5-2)17-11-15(3)6-8-19-12-15/h13H,4-12H2,1-3H3,(H,16,17). The van der Waals surface area contributed by atoms with Crippen molar-refractivity contribution in [2.45, 2.75) is 38.9 Å². The summed E-state index contributed by atoms with van der Waals surface area (Å²) in [5.74, 6) is 2.31. The molecule has 0 aromatic carbocycles. The average Bonchev–Trinajstić information content (AvgIpc) is 2.90.